The van der Waals surface area contributed by atoms with Gasteiger partial charge in [-0.3, -0.25) is 9.59 Å². The molecule has 96 valence electrons. The normalized spacial score (nSPS) is 10.0. The number of rotatable bonds is 1. The molecule has 0 saturated heterocycles. The third-order valence-electron chi connectivity index (χ3n) is 2.50. The van der Waals surface area contributed by atoms with Gasteiger partial charge in [0.2, 0.25) is 0 Å². The number of carbonyl (C=O) groups excluding carboxylic acids is 1. The molecule has 2 aromatic rings. The summed E-state index contributed by atoms with van der Waals surface area (Å²) < 4.78 is 1.44. The molecule has 1 heterocycles. The molecule has 0 spiro atoms. The molecule has 0 saturated carbocycles. The topological polar surface area (TPSA) is 52.0 Å². The number of fused-ring (bicyclic) bond motifs is 1. The molecule has 0 radical (unpaired) electrons. The second-order valence-electron chi connectivity index (χ2n) is 3.97. The van der Waals surface area contributed by atoms with Crippen LogP contribution in [0.5, 0.6) is 0 Å². The van der Waals surface area contributed by atoms with E-state index in [0.29, 0.717) is 16.7 Å². The minimum Gasteiger partial charge on any atom is -0.302 e. The van der Waals surface area contributed by atoms with Crippen LogP contribution in [0.4, 0.5) is 0 Å². The maximum absolute atomic E-state index is 11.9. The van der Waals surface area contributed by atoms with Crippen LogP contribution < -0.4 is 5.56 Å². The van der Waals surface area contributed by atoms with Crippen LogP contribution in [0.1, 0.15) is 12.5 Å². The highest BCUT2D eigenvalue weighted by atomic mass is 32.2. The summed E-state index contributed by atoms with van der Waals surface area (Å²) in [6.07, 6.45) is 1.50. The molecule has 5 heteroatoms. The number of benzene rings is 1. The van der Waals surface area contributed by atoms with Crippen molar-refractivity contribution in [2.75, 3.05) is 5.75 Å². The van der Waals surface area contributed by atoms with E-state index >= 15 is 0 Å². The van der Waals surface area contributed by atoms with Crippen molar-refractivity contribution in [3.8, 4) is 11.8 Å². The summed E-state index contributed by atoms with van der Waals surface area (Å²) in [5.74, 6) is 6.29. The smallest absolute Gasteiger partial charge is 0.260 e. The van der Waals surface area contributed by atoms with Crippen LogP contribution in [0, 0.1) is 11.8 Å². The van der Waals surface area contributed by atoms with Gasteiger partial charge in [0.05, 0.1) is 23.0 Å². The molecule has 1 aromatic carbocycles. The third-order valence-corrected chi connectivity index (χ3v) is 3.19. The van der Waals surface area contributed by atoms with Crippen molar-refractivity contribution in [1.29, 1.82) is 0 Å². The maximum atomic E-state index is 11.9. The van der Waals surface area contributed by atoms with Crippen LogP contribution in [0.3, 0.4) is 0 Å². The minimum atomic E-state index is -0.0910. The van der Waals surface area contributed by atoms with Crippen LogP contribution >= 0.6 is 11.8 Å². The molecule has 0 aliphatic rings. The van der Waals surface area contributed by atoms with Crippen LogP contribution in [0.2, 0.25) is 0 Å². The van der Waals surface area contributed by atoms with Gasteiger partial charge in [-0.05, 0) is 18.2 Å². The van der Waals surface area contributed by atoms with Crippen molar-refractivity contribution in [2.45, 2.75) is 6.92 Å². The molecule has 0 fully saturated rings. The summed E-state index contributed by atoms with van der Waals surface area (Å²) in [6.45, 7) is 1.51. The molecule has 0 amide bonds. The summed E-state index contributed by atoms with van der Waals surface area (Å²) in [5.41, 5.74) is 1.32. The predicted octanol–water partition coefficient (Wildman–Crippen LogP) is 1.56. The molecule has 0 N–H and O–H groups in total. The summed E-state index contributed by atoms with van der Waals surface area (Å²) in [4.78, 5) is 26.8. The van der Waals surface area contributed by atoms with Gasteiger partial charge in [0.15, 0.2) is 5.12 Å². The van der Waals surface area contributed by atoms with E-state index in [2.05, 4.69) is 16.8 Å². The van der Waals surface area contributed by atoms with Crippen molar-refractivity contribution < 1.29 is 4.79 Å². The Morgan fingerprint density at radius 1 is 1.47 bits per heavy atom. The largest absolute Gasteiger partial charge is 0.302 e. The van der Waals surface area contributed by atoms with E-state index in [9.17, 15) is 9.59 Å². The fourth-order valence-electron chi connectivity index (χ4n) is 1.56. The van der Waals surface area contributed by atoms with Crippen molar-refractivity contribution in [3.63, 3.8) is 0 Å². The molecule has 0 atom stereocenters. The molecule has 0 aliphatic heterocycles. The average molecular weight is 272 g/mol. The van der Waals surface area contributed by atoms with Crippen molar-refractivity contribution >= 4 is 27.8 Å². The van der Waals surface area contributed by atoms with E-state index in [1.54, 1.807) is 19.2 Å². The Morgan fingerprint density at radius 3 is 3.00 bits per heavy atom. The van der Waals surface area contributed by atoms with Crippen molar-refractivity contribution in [1.82, 2.24) is 9.55 Å². The number of hydrogen-bond acceptors (Lipinski definition) is 4. The number of hydrogen-bond donors (Lipinski definition) is 0. The van der Waals surface area contributed by atoms with E-state index in [0.717, 1.165) is 5.56 Å². The van der Waals surface area contributed by atoms with Gasteiger partial charge in [0.1, 0.15) is 0 Å². The first-order valence-corrected chi connectivity index (χ1v) is 6.64. The van der Waals surface area contributed by atoms with E-state index in [1.807, 2.05) is 6.07 Å². The first-order chi connectivity index (χ1) is 9.08. The van der Waals surface area contributed by atoms with Crippen LogP contribution in [-0.2, 0) is 11.8 Å². The van der Waals surface area contributed by atoms with Crippen LogP contribution in [-0.4, -0.2) is 20.4 Å². The third kappa shape index (κ3) is 3.24. The lowest BCUT2D eigenvalue weighted by molar-refractivity contribution is -0.109. The first kappa shape index (κ1) is 13.4. The van der Waals surface area contributed by atoms with Gasteiger partial charge in [0.25, 0.3) is 5.56 Å². The van der Waals surface area contributed by atoms with Crippen molar-refractivity contribution in [2.24, 2.45) is 7.05 Å². The van der Waals surface area contributed by atoms with E-state index < -0.39 is 0 Å². The quantitative estimate of drug-likeness (QED) is 0.739. The molecule has 0 aliphatic carbocycles. The second-order valence-corrected chi connectivity index (χ2v) is 5.13. The monoisotopic (exact) mass is 272 g/mol. The van der Waals surface area contributed by atoms with Gasteiger partial charge < -0.3 is 4.57 Å². The molecule has 4 nitrogen and oxygen atoms in total. The fraction of sp³-hybridized carbons (Fsp3) is 0.214. The molecule has 19 heavy (non-hydrogen) atoms. The molecular weight excluding hydrogens is 260 g/mol. The maximum Gasteiger partial charge on any atom is 0.260 e. The lowest BCUT2D eigenvalue weighted by atomic mass is 10.1. The zero-order valence-electron chi connectivity index (χ0n) is 10.6. The SMILES string of the molecule is CC(=O)SCC#Cc1ccc2ncn(C)c(=O)c2c1. The summed E-state index contributed by atoms with van der Waals surface area (Å²) in [5, 5.41) is 0.599. The van der Waals surface area contributed by atoms with Gasteiger partial charge >= 0.3 is 0 Å². The Bertz CT molecular complexity index is 753. The molecule has 0 unspecified atom stereocenters. The Hall–Kier alpha value is -2.06. The number of carbonyl (C=O) groups is 1. The van der Waals surface area contributed by atoms with Crippen molar-refractivity contribution in [3.05, 3.63) is 40.4 Å². The zero-order valence-corrected chi connectivity index (χ0v) is 11.5. The predicted molar refractivity (Wildman–Crippen MR) is 77.0 cm³/mol. The summed E-state index contributed by atoms with van der Waals surface area (Å²) in [7, 11) is 1.66. The zero-order chi connectivity index (χ0) is 13.8. The molecule has 0 bridgehead atoms. The number of aromatic nitrogens is 2. The number of aryl methyl sites for hydroxylation is 1. The fourth-order valence-corrected chi connectivity index (χ4v) is 1.91. The van der Waals surface area contributed by atoms with Gasteiger partial charge in [-0.2, -0.15) is 0 Å². The Kier molecular flexibility index (Phi) is 4.03. The Morgan fingerprint density at radius 2 is 2.26 bits per heavy atom. The Labute approximate surface area is 114 Å². The highest BCUT2D eigenvalue weighted by Crippen LogP contribution is 2.09. The van der Waals surface area contributed by atoms with Gasteiger partial charge in [-0.1, -0.05) is 23.6 Å². The Balaban J connectivity index is 2.33. The van der Waals surface area contributed by atoms with Crippen LogP contribution in [0.15, 0.2) is 29.3 Å². The number of nitrogens with zero attached hydrogens (tertiary/aromatic N) is 2. The van der Waals surface area contributed by atoms with Crippen LogP contribution in [0.25, 0.3) is 10.9 Å². The lowest BCUT2D eigenvalue weighted by Crippen LogP contribution is -2.16. The van der Waals surface area contributed by atoms with Gasteiger partial charge in [-0.25, -0.2) is 4.98 Å². The number of thioether (sulfide) groups is 1. The second kappa shape index (κ2) is 5.72. The molecule has 2 rings (SSSR count). The van der Waals surface area contributed by atoms with Gasteiger partial charge in [0, 0.05) is 19.5 Å². The lowest BCUT2D eigenvalue weighted by Gasteiger charge is -2.00. The summed E-state index contributed by atoms with van der Waals surface area (Å²) >= 11 is 1.17. The molecule has 1 aromatic heterocycles. The molecular formula is C14H12N2O2S. The average Bonchev–Trinajstić information content (AvgIpc) is 2.39. The first-order valence-electron chi connectivity index (χ1n) is 5.65. The summed E-state index contributed by atoms with van der Waals surface area (Å²) in [6, 6.07) is 5.33. The highest BCUT2D eigenvalue weighted by Gasteiger charge is 2.01. The van der Waals surface area contributed by atoms with E-state index in [-0.39, 0.29) is 10.7 Å². The highest BCUT2D eigenvalue weighted by molar-refractivity contribution is 8.13. The van der Waals surface area contributed by atoms with E-state index in [1.165, 1.54) is 29.6 Å². The van der Waals surface area contributed by atoms with Gasteiger partial charge in [-0.15, -0.1) is 0 Å². The minimum absolute atomic E-state index is 0.0471. The standard InChI is InChI=1S/C14H12N2O2S/c1-10(17)19-7-3-4-11-5-6-13-12(8-11)14(18)16(2)9-15-13/h5-6,8-9H,7H2,1-2H3. The van der Waals surface area contributed by atoms with E-state index in [4.69, 9.17) is 0 Å².